The van der Waals surface area contributed by atoms with Crippen molar-refractivity contribution < 1.29 is 0 Å². The number of likely N-dealkylation sites (tertiary alicyclic amines) is 1. The molecule has 122 valence electrons. The largest absolute Gasteiger partial charge is 0.298 e. The Hall–Kier alpha value is -0.0400. The fourth-order valence-electron chi connectivity index (χ4n) is 2.72. The van der Waals surface area contributed by atoms with Crippen LogP contribution in [0.5, 0.6) is 0 Å². The van der Waals surface area contributed by atoms with E-state index in [1.54, 1.807) is 0 Å². The van der Waals surface area contributed by atoms with Crippen molar-refractivity contribution in [2.45, 2.75) is 99.5 Å². The summed E-state index contributed by atoms with van der Waals surface area (Å²) >= 11 is 0. The highest BCUT2D eigenvalue weighted by Gasteiger charge is 2.25. The summed E-state index contributed by atoms with van der Waals surface area (Å²) in [4.78, 5) is 2.61. The molecule has 0 atom stereocenters. The van der Waals surface area contributed by atoms with E-state index in [4.69, 9.17) is 0 Å². The van der Waals surface area contributed by atoms with Crippen LogP contribution in [0, 0.1) is 11.3 Å². The quantitative estimate of drug-likeness (QED) is 0.602. The molecule has 1 aliphatic rings. The van der Waals surface area contributed by atoms with Gasteiger partial charge in [-0.05, 0) is 64.5 Å². The lowest BCUT2D eigenvalue weighted by Crippen LogP contribution is -2.46. The number of hydrogen-bond acceptors (Lipinski definition) is 1. The minimum atomic E-state index is 0.388. The van der Waals surface area contributed by atoms with Crippen molar-refractivity contribution >= 4 is 0 Å². The van der Waals surface area contributed by atoms with Crippen molar-refractivity contribution in [3.63, 3.8) is 0 Å². The summed E-state index contributed by atoms with van der Waals surface area (Å²) in [6.45, 7) is 21.0. The number of rotatable bonds is 3. The van der Waals surface area contributed by atoms with Gasteiger partial charge in [-0.2, -0.15) is 0 Å². The molecule has 0 bridgehead atoms. The van der Waals surface area contributed by atoms with E-state index >= 15 is 0 Å². The molecule has 1 fully saturated rings. The Morgan fingerprint density at radius 3 is 1.65 bits per heavy atom. The molecular formula is C19H41N. The highest BCUT2D eigenvalue weighted by atomic mass is 15.2. The molecule has 0 amide bonds. The van der Waals surface area contributed by atoms with E-state index < -0.39 is 0 Å². The fourth-order valence-corrected chi connectivity index (χ4v) is 2.72. The third-order valence-corrected chi connectivity index (χ3v) is 4.42. The Kier molecular flexibility index (Phi) is 9.06. The third kappa shape index (κ3) is 9.80. The summed E-state index contributed by atoms with van der Waals surface area (Å²) < 4.78 is 0. The van der Waals surface area contributed by atoms with Crippen LogP contribution in [-0.4, -0.2) is 23.5 Å². The van der Waals surface area contributed by atoms with Crippen LogP contribution >= 0.6 is 0 Å². The topological polar surface area (TPSA) is 3.24 Å². The first-order chi connectivity index (χ1) is 9.10. The van der Waals surface area contributed by atoms with Gasteiger partial charge >= 0.3 is 0 Å². The molecule has 0 spiro atoms. The maximum atomic E-state index is 2.61. The van der Waals surface area contributed by atoms with Crippen LogP contribution in [0.2, 0.25) is 0 Å². The molecule has 0 saturated carbocycles. The van der Waals surface area contributed by atoms with Crippen LogP contribution in [0.4, 0.5) is 0 Å². The Morgan fingerprint density at radius 1 is 0.900 bits per heavy atom. The number of hydrogen-bond donors (Lipinski definition) is 0. The zero-order valence-electron chi connectivity index (χ0n) is 15.7. The summed E-state index contributed by atoms with van der Waals surface area (Å²) in [5, 5.41) is 0. The molecule has 0 aliphatic carbocycles. The van der Waals surface area contributed by atoms with Gasteiger partial charge in [0.1, 0.15) is 0 Å². The molecule has 1 heteroatoms. The lowest BCUT2D eigenvalue weighted by Gasteiger charge is -2.40. The minimum absolute atomic E-state index is 0.388. The Labute approximate surface area is 129 Å². The predicted octanol–water partition coefficient (Wildman–Crippen LogP) is 6.13. The normalized spacial score (nSPS) is 18.6. The van der Waals surface area contributed by atoms with E-state index in [2.05, 4.69) is 60.3 Å². The second-order valence-corrected chi connectivity index (χ2v) is 8.67. The van der Waals surface area contributed by atoms with Gasteiger partial charge in [0.05, 0.1) is 0 Å². The Morgan fingerprint density at radius 2 is 1.40 bits per heavy atom. The zero-order chi connectivity index (χ0) is 15.8. The van der Waals surface area contributed by atoms with Crippen LogP contribution in [0.1, 0.15) is 93.9 Å². The Balaban J connectivity index is 0.000000396. The molecule has 20 heavy (non-hydrogen) atoms. The monoisotopic (exact) mass is 283 g/mol. The lowest BCUT2D eigenvalue weighted by atomic mass is 9.90. The van der Waals surface area contributed by atoms with Gasteiger partial charge in [-0.1, -0.05) is 53.9 Å². The van der Waals surface area contributed by atoms with Crippen molar-refractivity contribution in [2.75, 3.05) is 13.1 Å². The van der Waals surface area contributed by atoms with Gasteiger partial charge in [0.15, 0.2) is 0 Å². The van der Waals surface area contributed by atoms with Crippen molar-refractivity contribution in [1.29, 1.82) is 0 Å². The standard InChI is InChI=1S/C11H23N.C8H18/c1-5-10-6-8-12(9-7-10)11(2,3)4;1-5-6-7-8(2,3)4/h10H,5-9H2,1-4H3;5-7H2,1-4H3. The lowest BCUT2D eigenvalue weighted by molar-refractivity contribution is 0.0866. The molecule has 1 aliphatic heterocycles. The first-order valence-electron chi connectivity index (χ1n) is 8.85. The molecule has 1 heterocycles. The maximum absolute atomic E-state index is 2.61. The maximum Gasteiger partial charge on any atom is 0.0125 e. The van der Waals surface area contributed by atoms with Gasteiger partial charge in [-0.3, -0.25) is 4.90 Å². The summed E-state index contributed by atoms with van der Waals surface area (Å²) in [6.07, 6.45) is 8.27. The third-order valence-electron chi connectivity index (χ3n) is 4.42. The summed E-state index contributed by atoms with van der Waals surface area (Å²) in [6, 6.07) is 0. The second-order valence-electron chi connectivity index (χ2n) is 8.67. The van der Waals surface area contributed by atoms with Gasteiger partial charge in [-0.25, -0.2) is 0 Å². The van der Waals surface area contributed by atoms with Crippen LogP contribution < -0.4 is 0 Å². The SMILES string of the molecule is CCC1CCN(C(C)(C)C)CC1.CCCCC(C)(C)C. The summed E-state index contributed by atoms with van der Waals surface area (Å²) in [5.41, 5.74) is 0.939. The molecular weight excluding hydrogens is 242 g/mol. The van der Waals surface area contributed by atoms with Crippen molar-refractivity contribution in [1.82, 2.24) is 4.90 Å². The van der Waals surface area contributed by atoms with E-state index in [0.717, 1.165) is 5.92 Å². The summed E-state index contributed by atoms with van der Waals surface area (Å²) in [5.74, 6) is 1.00. The highest BCUT2D eigenvalue weighted by molar-refractivity contribution is 4.81. The van der Waals surface area contributed by atoms with Gasteiger partial charge < -0.3 is 0 Å². The van der Waals surface area contributed by atoms with E-state index in [0.29, 0.717) is 11.0 Å². The van der Waals surface area contributed by atoms with E-state index in [1.807, 2.05) is 0 Å². The molecule has 1 nitrogen and oxygen atoms in total. The van der Waals surface area contributed by atoms with Crippen LogP contribution in [0.15, 0.2) is 0 Å². The van der Waals surface area contributed by atoms with Crippen molar-refractivity contribution in [3.8, 4) is 0 Å². The van der Waals surface area contributed by atoms with Crippen LogP contribution in [-0.2, 0) is 0 Å². The van der Waals surface area contributed by atoms with Gasteiger partial charge in [-0.15, -0.1) is 0 Å². The predicted molar refractivity (Wildman–Crippen MR) is 93.3 cm³/mol. The van der Waals surface area contributed by atoms with E-state index in [-0.39, 0.29) is 0 Å². The van der Waals surface area contributed by atoms with Gasteiger partial charge in [0.2, 0.25) is 0 Å². The molecule has 0 aromatic rings. The number of nitrogens with zero attached hydrogens (tertiary/aromatic N) is 1. The highest BCUT2D eigenvalue weighted by Crippen LogP contribution is 2.25. The molecule has 0 radical (unpaired) electrons. The number of unbranched alkanes of at least 4 members (excludes halogenated alkanes) is 1. The second kappa shape index (κ2) is 9.07. The van der Waals surface area contributed by atoms with Crippen LogP contribution in [0.3, 0.4) is 0 Å². The van der Waals surface area contributed by atoms with Crippen molar-refractivity contribution in [2.24, 2.45) is 11.3 Å². The minimum Gasteiger partial charge on any atom is -0.298 e. The molecule has 0 N–H and O–H groups in total. The van der Waals surface area contributed by atoms with Crippen LogP contribution in [0.25, 0.3) is 0 Å². The van der Waals surface area contributed by atoms with Gasteiger partial charge in [0.25, 0.3) is 0 Å². The average Bonchev–Trinajstić information content (AvgIpc) is 2.35. The van der Waals surface area contributed by atoms with E-state index in [1.165, 1.54) is 51.6 Å². The fraction of sp³-hybridized carbons (Fsp3) is 1.00. The first kappa shape index (κ1) is 20.0. The molecule has 1 saturated heterocycles. The molecule has 0 aromatic heterocycles. The zero-order valence-corrected chi connectivity index (χ0v) is 15.7. The Bertz CT molecular complexity index is 223. The van der Waals surface area contributed by atoms with Crippen molar-refractivity contribution in [3.05, 3.63) is 0 Å². The summed E-state index contributed by atoms with van der Waals surface area (Å²) in [7, 11) is 0. The average molecular weight is 284 g/mol. The van der Waals surface area contributed by atoms with E-state index in [9.17, 15) is 0 Å². The first-order valence-corrected chi connectivity index (χ1v) is 8.85. The van der Waals surface area contributed by atoms with Gasteiger partial charge in [0, 0.05) is 5.54 Å². The molecule has 1 rings (SSSR count). The number of piperidine rings is 1. The molecule has 0 unspecified atom stereocenters. The molecule has 0 aromatic carbocycles. The smallest absolute Gasteiger partial charge is 0.0125 e.